The van der Waals surface area contributed by atoms with Crippen LogP contribution in [-0.2, 0) is 0 Å². The summed E-state index contributed by atoms with van der Waals surface area (Å²) in [6, 6.07) is 0.375. The fraction of sp³-hybridized carbons (Fsp3) is 1.00. The normalized spacial score (nSPS) is 28.8. The topological polar surface area (TPSA) is 70.3 Å². The minimum Gasteiger partial charge on any atom is -0.395 e. The van der Waals surface area contributed by atoms with Crippen molar-refractivity contribution in [2.24, 2.45) is 5.73 Å². The molecule has 0 amide bonds. The maximum Gasteiger partial charge on any atom is 0.0583 e. The number of aliphatic hydroxyl groups is 1. The Bertz CT molecular complexity index is 93.0. The molecule has 2 unspecified atom stereocenters. The first kappa shape index (κ1) is 7.94. The van der Waals surface area contributed by atoms with Crippen LogP contribution in [0.5, 0.6) is 0 Å². The van der Waals surface area contributed by atoms with Crippen molar-refractivity contribution in [1.29, 1.82) is 0 Å². The molecule has 1 fully saturated rings. The van der Waals surface area contributed by atoms with Gasteiger partial charge >= 0.3 is 0 Å². The molecule has 0 bridgehead atoms. The zero-order chi connectivity index (χ0) is 7.40. The van der Waals surface area contributed by atoms with Crippen LogP contribution in [0.25, 0.3) is 0 Å². The zero-order valence-corrected chi connectivity index (χ0v) is 6.01. The van der Waals surface area contributed by atoms with E-state index in [1.165, 1.54) is 0 Å². The number of hydrogen-bond donors (Lipinski definition) is 4. The molecule has 10 heavy (non-hydrogen) atoms. The standard InChI is InChI=1S/C6H15N3O/c7-5(3-10)1-6-2-8-4-9-6/h5-6,8-10H,1-4,7H2. The molecule has 60 valence electrons. The van der Waals surface area contributed by atoms with E-state index in [-0.39, 0.29) is 12.6 Å². The lowest BCUT2D eigenvalue weighted by Crippen LogP contribution is -2.35. The second-order valence-electron chi connectivity index (χ2n) is 2.71. The van der Waals surface area contributed by atoms with Gasteiger partial charge in [0.15, 0.2) is 0 Å². The Labute approximate surface area is 60.8 Å². The van der Waals surface area contributed by atoms with Gasteiger partial charge in [-0.3, -0.25) is 0 Å². The van der Waals surface area contributed by atoms with Crippen LogP contribution in [0.4, 0.5) is 0 Å². The predicted octanol–water partition coefficient (Wildman–Crippen LogP) is -1.78. The zero-order valence-electron chi connectivity index (χ0n) is 6.01. The molecule has 0 aromatic heterocycles. The van der Waals surface area contributed by atoms with Crippen LogP contribution in [0, 0.1) is 0 Å². The highest BCUT2D eigenvalue weighted by atomic mass is 16.3. The molecule has 1 saturated heterocycles. The molecule has 0 saturated carbocycles. The summed E-state index contributed by atoms with van der Waals surface area (Å²) in [7, 11) is 0. The first-order valence-corrected chi connectivity index (χ1v) is 3.63. The highest BCUT2D eigenvalue weighted by Crippen LogP contribution is 1.97. The molecule has 1 aliphatic heterocycles. The fourth-order valence-electron chi connectivity index (χ4n) is 1.14. The number of nitrogens with one attached hydrogen (secondary N) is 2. The SMILES string of the molecule is NC(CO)CC1CNCN1. The quantitative estimate of drug-likeness (QED) is 0.379. The largest absolute Gasteiger partial charge is 0.395 e. The first-order chi connectivity index (χ1) is 4.83. The summed E-state index contributed by atoms with van der Waals surface area (Å²) in [6.07, 6.45) is 0.851. The Balaban J connectivity index is 2.11. The predicted molar refractivity (Wildman–Crippen MR) is 39.5 cm³/mol. The Kier molecular flexibility index (Phi) is 3.08. The fourth-order valence-corrected chi connectivity index (χ4v) is 1.14. The monoisotopic (exact) mass is 145 g/mol. The van der Waals surface area contributed by atoms with Crippen LogP contribution in [0.3, 0.4) is 0 Å². The van der Waals surface area contributed by atoms with E-state index in [4.69, 9.17) is 10.8 Å². The lowest BCUT2D eigenvalue weighted by molar-refractivity contribution is 0.253. The van der Waals surface area contributed by atoms with Gasteiger partial charge in [-0.15, -0.1) is 0 Å². The van der Waals surface area contributed by atoms with Crippen LogP contribution in [0.15, 0.2) is 0 Å². The lowest BCUT2D eigenvalue weighted by atomic mass is 10.1. The lowest BCUT2D eigenvalue weighted by Gasteiger charge is -2.12. The van der Waals surface area contributed by atoms with E-state index < -0.39 is 0 Å². The third-order valence-electron chi connectivity index (χ3n) is 1.73. The van der Waals surface area contributed by atoms with Gasteiger partial charge in [0.1, 0.15) is 0 Å². The molecule has 0 spiro atoms. The van der Waals surface area contributed by atoms with Crippen LogP contribution >= 0.6 is 0 Å². The van der Waals surface area contributed by atoms with Crippen molar-refractivity contribution >= 4 is 0 Å². The third kappa shape index (κ3) is 2.22. The summed E-state index contributed by atoms with van der Waals surface area (Å²) in [6.45, 7) is 1.91. The van der Waals surface area contributed by atoms with E-state index in [2.05, 4.69) is 10.6 Å². The minimum atomic E-state index is -0.0719. The molecule has 1 rings (SSSR count). The van der Waals surface area contributed by atoms with E-state index in [1.54, 1.807) is 0 Å². The molecule has 1 aliphatic rings. The summed E-state index contributed by atoms with van der Waals surface area (Å²) in [4.78, 5) is 0. The third-order valence-corrected chi connectivity index (χ3v) is 1.73. The smallest absolute Gasteiger partial charge is 0.0583 e. The molecule has 1 heterocycles. The average molecular weight is 145 g/mol. The van der Waals surface area contributed by atoms with Crippen molar-refractivity contribution in [2.75, 3.05) is 19.8 Å². The number of rotatable bonds is 3. The second-order valence-corrected chi connectivity index (χ2v) is 2.71. The van der Waals surface area contributed by atoms with Gasteiger partial charge in [0, 0.05) is 25.3 Å². The first-order valence-electron chi connectivity index (χ1n) is 3.63. The maximum atomic E-state index is 8.62. The van der Waals surface area contributed by atoms with Crippen molar-refractivity contribution < 1.29 is 5.11 Å². The molecular weight excluding hydrogens is 130 g/mol. The molecule has 5 N–H and O–H groups in total. The average Bonchev–Trinajstić information content (AvgIpc) is 2.40. The van der Waals surface area contributed by atoms with Gasteiger partial charge in [0.25, 0.3) is 0 Å². The van der Waals surface area contributed by atoms with Crippen LogP contribution in [-0.4, -0.2) is 37.0 Å². The number of hydrogen-bond acceptors (Lipinski definition) is 4. The molecular formula is C6H15N3O. The highest BCUT2D eigenvalue weighted by Gasteiger charge is 2.15. The van der Waals surface area contributed by atoms with E-state index in [9.17, 15) is 0 Å². The Morgan fingerprint density at radius 3 is 3.00 bits per heavy atom. The molecule has 0 aromatic rings. The molecule has 2 atom stereocenters. The van der Waals surface area contributed by atoms with Gasteiger partial charge in [0.2, 0.25) is 0 Å². The van der Waals surface area contributed by atoms with Gasteiger partial charge in [-0.05, 0) is 6.42 Å². The van der Waals surface area contributed by atoms with Crippen molar-refractivity contribution in [3.8, 4) is 0 Å². The van der Waals surface area contributed by atoms with Gasteiger partial charge in [0.05, 0.1) is 6.61 Å². The Morgan fingerprint density at radius 1 is 1.70 bits per heavy atom. The van der Waals surface area contributed by atoms with E-state index >= 15 is 0 Å². The van der Waals surface area contributed by atoms with Crippen molar-refractivity contribution in [2.45, 2.75) is 18.5 Å². The summed E-state index contributed by atoms with van der Waals surface area (Å²) in [5.74, 6) is 0. The molecule has 4 nitrogen and oxygen atoms in total. The number of nitrogens with two attached hydrogens (primary N) is 1. The Morgan fingerprint density at radius 2 is 2.50 bits per heavy atom. The van der Waals surface area contributed by atoms with Crippen molar-refractivity contribution in [1.82, 2.24) is 10.6 Å². The van der Waals surface area contributed by atoms with Crippen LogP contribution < -0.4 is 16.4 Å². The van der Waals surface area contributed by atoms with Crippen LogP contribution in [0.1, 0.15) is 6.42 Å². The summed E-state index contributed by atoms with van der Waals surface area (Å²) in [5.41, 5.74) is 5.54. The molecule has 0 radical (unpaired) electrons. The summed E-state index contributed by atoms with van der Waals surface area (Å²) in [5, 5.41) is 15.0. The Hall–Kier alpha value is -0.160. The second kappa shape index (κ2) is 3.88. The highest BCUT2D eigenvalue weighted by molar-refractivity contribution is 4.79. The van der Waals surface area contributed by atoms with Gasteiger partial charge < -0.3 is 21.5 Å². The van der Waals surface area contributed by atoms with E-state index in [0.717, 1.165) is 19.6 Å². The van der Waals surface area contributed by atoms with Gasteiger partial charge in [-0.1, -0.05) is 0 Å². The van der Waals surface area contributed by atoms with Crippen molar-refractivity contribution in [3.05, 3.63) is 0 Å². The van der Waals surface area contributed by atoms with E-state index in [1.807, 2.05) is 0 Å². The van der Waals surface area contributed by atoms with Crippen molar-refractivity contribution in [3.63, 3.8) is 0 Å². The minimum absolute atomic E-state index is 0.0719. The van der Waals surface area contributed by atoms with E-state index in [0.29, 0.717) is 6.04 Å². The van der Waals surface area contributed by atoms with Gasteiger partial charge in [-0.2, -0.15) is 0 Å². The summed E-state index contributed by atoms with van der Waals surface area (Å²) < 4.78 is 0. The number of aliphatic hydroxyl groups excluding tert-OH is 1. The molecule has 0 aliphatic carbocycles. The molecule has 4 heteroatoms. The summed E-state index contributed by atoms with van der Waals surface area (Å²) >= 11 is 0. The van der Waals surface area contributed by atoms with Gasteiger partial charge in [-0.25, -0.2) is 0 Å². The molecule has 0 aromatic carbocycles. The maximum absolute atomic E-state index is 8.62. The van der Waals surface area contributed by atoms with Crippen LogP contribution in [0.2, 0.25) is 0 Å².